The SMILES string of the molecule is COc1cc(NC(=O)c2ccccc2)c(C(=O)N[C@@H](C)CN)cc1OC.Cl. The molecule has 27 heavy (non-hydrogen) atoms. The standard InChI is InChI=1S/C19H23N3O4.ClH/c1-12(11-20)21-19(24)14-9-16(25-2)17(26-3)10-15(14)22-18(23)13-7-5-4-6-8-13;/h4-10,12H,11,20H2,1-3H3,(H,21,24)(H,22,23);1H/t12-;/m0./s1. The van der Waals surface area contributed by atoms with Crippen LogP contribution in [-0.4, -0.2) is 38.6 Å². The minimum absolute atomic E-state index is 0. The van der Waals surface area contributed by atoms with Crippen LogP contribution in [0.4, 0.5) is 5.69 Å². The van der Waals surface area contributed by atoms with Crippen LogP contribution in [0.2, 0.25) is 0 Å². The van der Waals surface area contributed by atoms with Gasteiger partial charge in [0.05, 0.1) is 25.5 Å². The molecule has 0 aliphatic carbocycles. The highest BCUT2D eigenvalue weighted by Gasteiger charge is 2.20. The molecular formula is C19H24ClN3O4. The Balaban J connectivity index is 0.00000364. The molecule has 0 aliphatic rings. The predicted octanol–water partition coefficient (Wildman–Crippen LogP) is 2.45. The monoisotopic (exact) mass is 393 g/mol. The summed E-state index contributed by atoms with van der Waals surface area (Å²) in [6.07, 6.45) is 0. The van der Waals surface area contributed by atoms with Gasteiger partial charge < -0.3 is 25.8 Å². The maximum Gasteiger partial charge on any atom is 0.255 e. The smallest absolute Gasteiger partial charge is 0.255 e. The number of nitrogens with one attached hydrogen (secondary N) is 2. The summed E-state index contributed by atoms with van der Waals surface area (Å²) in [4.78, 5) is 25.1. The molecule has 2 amide bonds. The summed E-state index contributed by atoms with van der Waals surface area (Å²) < 4.78 is 10.5. The molecule has 7 nitrogen and oxygen atoms in total. The highest BCUT2D eigenvalue weighted by atomic mass is 35.5. The van der Waals surface area contributed by atoms with Crippen molar-refractivity contribution in [3.05, 3.63) is 53.6 Å². The molecule has 0 heterocycles. The number of ether oxygens (including phenoxy) is 2. The molecule has 0 radical (unpaired) electrons. The Kier molecular flexibility index (Phi) is 8.58. The molecule has 146 valence electrons. The van der Waals surface area contributed by atoms with Crippen molar-refractivity contribution in [2.24, 2.45) is 5.73 Å². The number of methoxy groups -OCH3 is 2. The van der Waals surface area contributed by atoms with Crippen molar-refractivity contribution in [2.45, 2.75) is 13.0 Å². The van der Waals surface area contributed by atoms with Gasteiger partial charge in [0, 0.05) is 24.2 Å². The van der Waals surface area contributed by atoms with Gasteiger partial charge in [-0.2, -0.15) is 0 Å². The zero-order chi connectivity index (χ0) is 19.1. The Labute approximate surface area is 164 Å². The van der Waals surface area contributed by atoms with E-state index in [2.05, 4.69) is 10.6 Å². The number of benzene rings is 2. The minimum Gasteiger partial charge on any atom is -0.493 e. The first-order valence-corrected chi connectivity index (χ1v) is 8.13. The summed E-state index contributed by atoms with van der Waals surface area (Å²) >= 11 is 0. The molecule has 0 saturated carbocycles. The van der Waals surface area contributed by atoms with Gasteiger partial charge in [-0.3, -0.25) is 9.59 Å². The molecule has 0 aromatic heterocycles. The Morgan fingerprint density at radius 1 is 1.04 bits per heavy atom. The van der Waals surface area contributed by atoms with Crippen LogP contribution >= 0.6 is 12.4 Å². The van der Waals surface area contributed by atoms with Crippen LogP contribution in [0.5, 0.6) is 11.5 Å². The molecule has 0 fully saturated rings. The van der Waals surface area contributed by atoms with Gasteiger partial charge in [-0.1, -0.05) is 18.2 Å². The van der Waals surface area contributed by atoms with Gasteiger partial charge in [0.1, 0.15) is 0 Å². The van der Waals surface area contributed by atoms with Crippen molar-refractivity contribution in [3.8, 4) is 11.5 Å². The van der Waals surface area contributed by atoms with E-state index < -0.39 is 0 Å². The second kappa shape index (κ2) is 10.4. The Hall–Kier alpha value is -2.77. The molecule has 0 spiro atoms. The number of amides is 2. The van der Waals surface area contributed by atoms with E-state index >= 15 is 0 Å². The van der Waals surface area contributed by atoms with Crippen LogP contribution in [0.1, 0.15) is 27.6 Å². The molecule has 0 aliphatic heterocycles. The summed E-state index contributed by atoms with van der Waals surface area (Å²) in [7, 11) is 2.96. The van der Waals surface area contributed by atoms with Crippen molar-refractivity contribution in [1.29, 1.82) is 0 Å². The van der Waals surface area contributed by atoms with Gasteiger partial charge >= 0.3 is 0 Å². The zero-order valence-corrected chi connectivity index (χ0v) is 16.3. The van der Waals surface area contributed by atoms with E-state index in [0.29, 0.717) is 29.3 Å². The van der Waals surface area contributed by atoms with Crippen molar-refractivity contribution < 1.29 is 19.1 Å². The first kappa shape index (κ1) is 22.3. The highest BCUT2D eigenvalue weighted by molar-refractivity contribution is 6.09. The normalized spacial score (nSPS) is 11.0. The average molecular weight is 394 g/mol. The first-order chi connectivity index (χ1) is 12.5. The van der Waals surface area contributed by atoms with Crippen LogP contribution in [-0.2, 0) is 0 Å². The molecule has 0 unspecified atom stereocenters. The Bertz CT molecular complexity index is 784. The fraction of sp³-hybridized carbons (Fsp3) is 0.263. The van der Waals surface area contributed by atoms with Crippen molar-refractivity contribution in [3.63, 3.8) is 0 Å². The molecule has 8 heteroatoms. The van der Waals surface area contributed by atoms with E-state index in [1.165, 1.54) is 20.3 Å². The number of hydrogen-bond donors (Lipinski definition) is 3. The van der Waals surface area contributed by atoms with E-state index in [-0.39, 0.29) is 35.8 Å². The second-order valence-electron chi connectivity index (χ2n) is 5.68. The molecule has 0 saturated heterocycles. The minimum atomic E-state index is -0.368. The van der Waals surface area contributed by atoms with E-state index in [0.717, 1.165) is 0 Å². The lowest BCUT2D eigenvalue weighted by Crippen LogP contribution is -2.38. The molecule has 2 aromatic rings. The molecule has 2 aromatic carbocycles. The molecule has 4 N–H and O–H groups in total. The number of hydrogen-bond acceptors (Lipinski definition) is 5. The third-order valence-electron chi connectivity index (χ3n) is 3.78. The first-order valence-electron chi connectivity index (χ1n) is 8.13. The van der Waals surface area contributed by atoms with E-state index in [4.69, 9.17) is 15.2 Å². The fourth-order valence-corrected chi connectivity index (χ4v) is 2.31. The van der Waals surface area contributed by atoms with Gasteiger partial charge in [-0.15, -0.1) is 12.4 Å². The van der Waals surface area contributed by atoms with Crippen LogP contribution in [0, 0.1) is 0 Å². The van der Waals surface area contributed by atoms with Crippen LogP contribution in [0.15, 0.2) is 42.5 Å². The maximum absolute atomic E-state index is 12.6. The predicted molar refractivity (Wildman–Crippen MR) is 107 cm³/mol. The van der Waals surface area contributed by atoms with Crippen LogP contribution < -0.4 is 25.8 Å². The van der Waals surface area contributed by atoms with Crippen LogP contribution in [0.25, 0.3) is 0 Å². The molecule has 1 atom stereocenters. The quantitative estimate of drug-likeness (QED) is 0.670. The summed E-state index contributed by atoms with van der Waals surface area (Å²) in [6, 6.07) is 11.6. The summed E-state index contributed by atoms with van der Waals surface area (Å²) in [5.74, 6) is 0.0843. The van der Waals surface area contributed by atoms with Gasteiger partial charge in [0.15, 0.2) is 11.5 Å². The van der Waals surface area contributed by atoms with E-state index in [1.807, 2.05) is 6.07 Å². The third kappa shape index (κ3) is 5.60. The lowest BCUT2D eigenvalue weighted by atomic mass is 10.1. The summed E-state index contributed by atoms with van der Waals surface area (Å²) in [5, 5.41) is 5.53. The fourth-order valence-electron chi connectivity index (χ4n) is 2.31. The van der Waals surface area contributed by atoms with E-state index in [1.54, 1.807) is 37.3 Å². The molecular weight excluding hydrogens is 370 g/mol. The van der Waals surface area contributed by atoms with Gasteiger partial charge in [-0.05, 0) is 25.1 Å². The maximum atomic E-state index is 12.6. The van der Waals surface area contributed by atoms with Crippen molar-refractivity contribution in [2.75, 3.05) is 26.1 Å². The number of rotatable bonds is 7. The third-order valence-corrected chi connectivity index (χ3v) is 3.78. The lowest BCUT2D eigenvalue weighted by Gasteiger charge is -2.17. The number of carbonyl (C=O) groups excluding carboxylic acids is 2. The van der Waals surface area contributed by atoms with Crippen LogP contribution in [0.3, 0.4) is 0 Å². The largest absolute Gasteiger partial charge is 0.493 e. The Morgan fingerprint density at radius 2 is 1.63 bits per heavy atom. The second-order valence-corrected chi connectivity index (χ2v) is 5.68. The van der Waals surface area contributed by atoms with Crippen molar-refractivity contribution in [1.82, 2.24) is 5.32 Å². The summed E-state index contributed by atoms with van der Waals surface area (Å²) in [5.41, 5.74) is 6.62. The van der Waals surface area contributed by atoms with E-state index in [9.17, 15) is 9.59 Å². The molecule has 2 rings (SSSR count). The lowest BCUT2D eigenvalue weighted by molar-refractivity contribution is 0.0941. The van der Waals surface area contributed by atoms with Crippen molar-refractivity contribution >= 4 is 29.9 Å². The van der Waals surface area contributed by atoms with Gasteiger partial charge in [0.2, 0.25) is 0 Å². The number of carbonyl (C=O) groups is 2. The molecule has 0 bridgehead atoms. The van der Waals surface area contributed by atoms with Gasteiger partial charge in [0.25, 0.3) is 11.8 Å². The summed E-state index contributed by atoms with van der Waals surface area (Å²) in [6.45, 7) is 2.09. The average Bonchev–Trinajstić information content (AvgIpc) is 2.67. The number of nitrogens with two attached hydrogens (primary N) is 1. The number of halogens is 1. The highest BCUT2D eigenvalue weighted by Crippen LogP contribution is 2.33. The Morgan fingerprint density at radius 3 is 2.19 bits per heavy atom. The van der Waals surface area contributed by atoms with Gasteiger partial charge in [-0.25, -0.2) is 0 Å². The zero-order valence-electron chi connectivity index (χ0n) is 15.4. The number of anilines is 1. The topological polar surface area (TPSA) is 103 Å².